The fourth-order valence-electron chi connectivity index (χ4n) is 1.60. The molecule has 1 rings (SSSR count). The average Bonchev–Trinajstić information content (AvgIpc) is 2.57. The summed E-state index contributed by atoms with van der Waals surface area (Å²) in [6, 6.07) is 0. The first-order valence-corrected chi connectivity index (χ1v) is 5.06. The van der Waals surface area contributed by atoms with Crippen LogP contribution in [0.15, 0.2) is 17.6 Å². The highest BCUT2D eigenvalue weighted by Gasteiger charge is 2.04. The standard InChI is InChI=1S/C11H19N/c1-2-3-4-5-6-8-11-9-7-10-12-11/h2H,1,3-10H2. The molecular weight excluding hydrogens is 146 g/mol. The second-order valence-corrected chi connectivity index (χ2v) is 3.44. The van der Waals surface area contributed by atoms with Gasteiger partial charge in [-0.05, 0) is 38.5 Å². The molecule has 0 bridgehead atoms. The second kappa shape index (κ2) is 5.99. The van der Waals surface area contributed by atoms with Gasteiger partial charge < -0.3 is 0 Å². The molecule has 68 valence electrons. The zero-order chi connectivity index (χ0) is 8.65. The topological polar surface area (TPSA) is 12.4 Å². The summed E-state index contributed by atoms with van der Waals surface area (Å²) in [5.41, 5.74) is 1.47. The molecule has 0 fully saturated rings. The van der Waals surface area contributed by atoms with E-state index in [9.17, 15) is 0 Å². The molecule has 1 aliphatic heterocycles. The van der Waals surface area contributed by atoms with Gasteiger partial charge in [0.25, 0.3) is 0 Å². The minimum Gasteiger partial charge on any atom is -0.294 e. The van der Waals surface area contributed by atoms with Gasteiger partial charge in [0.05, 0.1) is 0 Å². The maximum absolute atomic E-state index is 4.45. The van der Waals surface area contributed by atoms with Crippen LogP contribution in [0.2, 0.25) is 0 Å². The Hall–Kier alpha value is -0.590. The van der Waals surface area contributed by atoms with E-state index in [1.54, 1.807) is 0 Å². The van der Waals surface area contributed by atoms with Crippen molar-refractivity contribution in [1.82, 2.24) is 0 Å². The summed E-state index contributed by atoms with van der Waals surface area (Å²) in [7, 11) is 0. The number of hydrogen-bond acceptors (Lipinski definition) is 1. The van der Waals surface area contributed by atoms with Crippen molar-refractivity contribution in [3.8, 4) is 0 Å². The highest BCUT2D eigenvalue weighted by Crippen LogP contribution is 2.11. The van der Waals surface area contributed by atoms with Crippen LogP contribution < -0.4 is 0 Å². The van der Waals surface area contributed by atoms with Crippen molar-refractivity contribution in [2.75, 3.05) is 6.54 Å². The van der Waals surface area contributed by atoms with Crippen LogP contribution in [0.25, 0.3) is 0 Å². The number of rotatable bonds is 6. The summed E-state index contributed by atoms with van der Waals surface area (Å²) in [5, 5.41) is 0. The fourth-order valence-corrected chi connectivity index (χ4v) is 1.60. The molecule has 1 nitrogen and oxygen atoms in total. The molecule has 0 atom stereocenters. The van der Waals surface area contributed by atoms with E-state index in [2.05, 4.69) is 11.6 Å². The van der Waals surface area contributed by atoms with Gasteiger partial charge in [-0.2, -0.15) is 0 Å². The lowest BCUT2D eigenvalue weighted by atomic mass is 10.1. The van der Waals surface area contributed by atoms with Crippen molar-refractivity contribution in [1.29, 1.82) is 0 Å². The van der Waals surface area contributed by atoms with Gasteiger partial charge >= 0.3 is 0 Å². The Bertz CT molecular complexity index is 158. The van der Waals surface area contributed by atoms with Gasteiger partial charge in [0.2, 0.25) is 0 Å². The van der Waals surface area contributed by atoms with Crippen LogP contribution in [-0.2, 0) is 0 Å². The predicted octanol–water partition coefficient (Wildman–Crippen LogP) is 3.36. The van der Waals surface area contributed by atoms with E-state index in [0.29, 0.717) is 0 Å². The SMILES string of the molecule is C=CCCCCCC1=NCCC1. The van der Waals surface area contributed by atoms with Gasteiger partial charge in [-0.15, -0.1) is 6.58 Å². The molecule has 0 aromatic carbocycles. The molecule has 0 saturated heterocycles. The Morgan fingerprint density at radius 3 is 2.92 bits per heavy atom. The first kappa shape index (κ1) is 9.50. The monoisotopic (exact) mass is 165 g/mol. The molecule has 0 N–H and O–H groups in total. The minimum absolute atomic E-state index is 1.09. The van der Waals surface area contributed by atoms with Gasteiger partial charge in [0.1, 0.15) is 0 Å². The molecule has 0 unspecified atom stereocenters. The molecule has 1 heteroatoms. The summed E-state index contributed by atoms with van der Waals surface area (Å²) >= 11 is 0. The van der Waals surface area contributed by atoms with Crippen molar-refractivity contribution in [2.45, 2.75) is 44.9 Å². The first-order chi connectivity index (χ1) is 5.93. The van der Waals surface area contributed by atoms with Crippen molar-refractivity contribution < 1.29 is 0 Å². The molecule has 0 amide bonds. The Morgan fingerprint density at radius 1 is 1.33 bits per heavy atom. The van der Waals surface area contributed by atoms with Gasteiger partial charge in [0.15, 0.2) is 0 Å². The number of aliphatic imine (C=N–C) groups is 1. The molecule has 1 heterocycles. The molecule has 0 saturated carbocycles. The lowest BCUT2D eigenvalue weighted by molar-refractivity contribution is 0.704. The first-order valence-electron chi connectivity index (χ1n) is 5.06. The van der Waals surface area contributed by atoms with E-state index < -0.39 is 0 Å². The number of allylic oxidation sites excluding steroid dienone is 1. The van der Waals surface area contributed by atoms with E-state index >= 15 is 0 Å². The number of hydrogen-bond donors (Lipinski definition) is 0. The lowest BCUT2D eigenvalue weighted by Crippen LogP contribution is -1.92. The minimum atomic E-state index is 1.09. The molecular formula is C11H19N. The van der Waals surface area contributed by atoms with Crippen LogP contribution in [-0.4, -0.2) is 12.3 Å². The third kappa shape index (κ3) is 3.70. The van der Waals surface area contributed by atoms with E-state index in [-0.39, 0.29) is 0 Å². The van der Waals surface area contributed by atoms with Crippen molar-refractivity contribution in [3.05, 3.63) is 12.7 Å². The summed E-state index contributed by atoms with van der Waals surface area (Å²) in [5.74, 6) is 0. The largest absolute Gasteiger partial charge is 0.294 e. The van der Waals surface area contributed by atoms with E-state index in [4.69, 9.17) is 0 Å². The summed E-state index contributed by atoms with van der Waals surface area (Å²) in [6.07, 6.45) is 11.0. The van der Waals surface area contributed by atoms with Gasteiger partial charge in [-0.25, -0.2) is 0 Å². The van der Waals surface area contributed by atoms with Crippen LogP contribution in [0.5, 0.6) is 0 Å². The number of unbranched alkanes of at least 4 members (excludes halogenated alkanes) is 3. The quantitative estimate of drug-likeness (QED) is 0.423. The van der Waals surface area contributed by atoms with Crippen LogP contribution in [0.4, 0.5) is 0 Å². The molecule has 0 aliphatic carbocycles. The van der Waals surface area contributed by atoms with Crippen molar-refractivity contribution in [3.63, 3.8) is 0 Å². The highest BCUT2D eigenvalue weighted by atomic mass is 14.8. The van der Waals surface area contributed by atoms with Crippen LogP contribution in [0.3, 0.4) is 0 Å². The smallest absolute Gasteiger partial charge is 0.0392 e. The van der Waals surface area contributed by atoms with Crippen molar-refractivity contribution in [2.24, 2.45) is 4.99 Å². The van der Waals surface area contributed by atoms with Gasteiger partial charge in [-0.1, -0.05) is 12.5 Å². The normalized spacial score (nSPS) is 16.2. The zero-order valence-electron chi connectivity index (χ0n) is 7.89. The van der Waals surface area contributed by atoms with Crippen LogP contribution in [0, 0.1) is 0 Å². The van der Waals surface area contributed by atoms with E-state index in [0.717, 1.165) is 6.54 Å². The molecule has 0 spiro atoms. The molecule has 12 heavy (non-hydrogen) atoms. The average molecular weight is 165 g/mol. The Balaban J connectivity index is 1.91. The molecule has 0 aromatic heterocycles. The van der Waals surface area contributed by atoms with Crippen LogP contribution in [0.1, 0.15) is 44.9 Å². The Morgan fingerprint density at radius 2 is 2.25 bits per heavy atom. The molecule has 0 aromatic rings. The predicted molar refractivity (Wildman–Crippen MR) is 54.8 cm³/mol. The second-order valence-electron chi connectivity index (χ2n) is 3.44. The molecule has 0 radical (unpaired) electrons. The zero-order valence-corrected chi connectivity index (χ0v) is 7.89. The van der Waals surface area contributed by atoms with Gasteiger partial charge in [-0.3, -0.25) is 4.99 Å². The summed E-state index contributed by atoms with van der Waals surface area (Å²) in [6.45, 7) is 4.80. The Labute approximate surface area is 75.6 Å². The summed E-state index contributed by atoms with van der Waals surface area (Å²) in [4.78, 5) is 4.45. The van der Waals surface area contributed by atoms with Gasteiger partial charge in [0, 0.05) is 12.3 Å². The third-order valence-corrected chi connectivity index (χ3v) is 2.33. The summed E-state index contributed by atoms with van der Waals surface area (Å²) < 4.78 is 0. The Kier molecular flexibility index (Phi) is 4.74. The lowest BCUT2D eigenvalue weighted by Gasteiger charge is -1.98. The van der Waals surface area contributed by atoms with Crippen molar-refractivity contribution >= 4 is 5.71 Å². The maximum Gasteiger partial charge on any atom is 0.0392 e. The molecule has 1 aliphatic rings. The number of nitrogens with zero attached hydrogens (tertiary/aromatic N) is 1. The van der Waals surface area contributed by atoms with E-state index in [1.165, 1.54) is 50.7 Å². The highest BCUT2D eigenvalue weighted by molar-refractivity contribution is 5.85. The van der Waals surface area contributed by atoms with Crippen LogP contribution >= 0.6 is 0 Å². The third-order valence-electron chi connectivity index (χ3n) is 2.33. The van der Waals surface area contributed by atoms with E-state index in [1.807, 2.05) is 6.08 Å². The maximum atomic E-state index is 4.45. The fraction of sp³-hybridized carbons (Fsp3) is 0.727.